The van der Waals surface area contributed by atoms with Gasteiger partial charge in [-0.3, -0.25) is 0 Å². The van der Waals surface area contributed by atoms with Gasteiger partial charge in [0.15, 0.2) is 0 Å². The van der Waals surface area contributed by atoms with Gasteiger partial charge in [-0.2, -0.15) is 0 Å². The van der Waals surface area contributed by atoms with Crippen molar-refractivity contribution in [1.29, 1.82) is 0 Å². The molecule has 3 unspecified atom stereocenters. The van der Waals surface area contributed by atoms with Crippen LogP contribution in [0.15, 0.2) is 24.3 Å². The van der Waals surface area contributed by atoms with E-state index in [0.29, 0.717) is 5.92 Å². The van der Waals surface area contributed by atoms with Gasteiger partial charge in [-0.05, 0) is 44.2 Å². The van der Waals surface area contributed by atoms with Crippen molar-refractivity contribution >= 4 is 9.84 Å². The van der Waals surface area contributed by atoms with Crippen LogP contribution in [0.1, 0.15) is 49.8 Å². The smallest absolute Gasteiger partial charge is 0.150 e. The Morgan fingerprint density at radius 1 is 1.33 bits per heavy atom. The molecule has 0 spiro atoms. The van der Waals surface area contributed by atoms with Crippen molar-refractivity contribution in [1.82, 2.24) is 5.32 Å². The zero-order valence-corrected chi connectivity index (χ0v) is 14.1. The highest BCUT2D eigenvalue weighted by atomic mass is 32.2. The molecule has 1 saturated carbocycles. The van der Waals surface area contributed by atoms with Crippen molar-refractivity contribution in [3.63, 3.8) is 0 Å². The summed E-state index contributed by atoms with van der Waals surface area (Å²) in [6, 6.07) is 8.83. The second-order valence-corrected chi connectivity index (χ2v) is 8.65. The zero-order chi connectivity index (χ0) is 15.5. The highest BCUT2D eigenvalue weighted by molar-refractivity contribution is 7.91. The Bertz CT molecular complexity index is 568. The Hall–Kier alpha value is -0.870. The molecule has 3 nitrogen and oxygen atoms in total. The number of hydrogen-bond donors (Lipinski definition) is 1. The number of benzene rings is 1. The maximum atomic E-state index is 11.9. The fourth-order valence-electron chi connectivity index (χ4n) is 3.51. The fraction of sp³-hybridized carbons (Fsp3) is 0.647. The van der Waals surface area contributed by atoms with Crippen LogP contribution < -0.4 is 5.32 Å². The SMILES string of the molecule is CCNC(c1cccc(C)c1)C1CCCC(S(C)(=O)=O)C1. The van der Waals surface area contributed by atoms with Crippen LogP contribution >= 0.6 is 0 Å². The molecular weight excluding hydrogens is 282 g/mol. The Balaban J connectivity index is 2.22. The van der Waals surface area contributed by atoms with Crippen LogP contribution in [0.3, 0.4) is 0 Å². The molecule has 21 heavy (non-hydrogen) atoms. The summed E-state index contributed by atoms with van der Waals surface area (Å²) < 4.78 is 23.8. The topological polar surface area (TPSA) is 46.2 Å². The molecule has 1 aliphatic rings. The normalized spacial score (nSPS) is 24.7. The number of hydrogen-bond acceptors (Lipinski definition) is 3. The van der Waals surface area contributed by atoms with Gasteiger partial charge in [0.1, 0.15) is 9.84 Å². The van der Waals surface area contributed by atoms with Crippen molar-refractivity contribution in [2.45, 2.75) is 50.8 Å². The third-order valence-corrected chi connectivity index (χ3v) is 6.21. The average molecular weight is 309 g/mol. The van der Waals surface area contributed by atoms with Crippen LogP contribution in [-0.4, -0.2) is 26.5 Å². The number of aryl methyl sites for hydroxylation is 1. The molecule has 0 heterocycles. The van der Waals surface area contributed by atoms with E-state index in [9.17, 15) is 8.42 Å². The highest BCUT2D eigenvalue weighted by Gasteiger charge is 2.33. The van der Waals surface area contributed by atoms with Crippen molar-refractivity contribution in [2.24, 2.45) is 5.92 Å². The van der Waals surface area contributed by atoms with E-state index in [1.807, 2.05) is 0 Å². The lowest BCUT2D eigenvalue weighted by atomic mass is 9.80. The van der Waals surface area contributed by atoms with Gasteiger partial charge in [0.05, 0.1) is 5.25 Å². The molecule has 0 aliphatic heterocycles. The molecule has 1 aromatic rings. The van der Waals surface area contributed by atoms with Crippen LogP contribution in [0.25, 0.3) is 0 Å². The van der Waals surface area contributed by atoms with Crippen molar-refractivity contribution in [3.8, 4) is 0 Å². The monoisotopic (exact) mass is 309 g/mol. The molecule has 1 N–H and O–H groups in total. The molecule has 0 aromatic heterocycles. The van der Waals surface area contributed by atoms with E-state index in [4.69, 9.17) is 0 Å². The second kappa shape index (κ2) is 6.93. The van der Waals surface area contributed by atoms with E-state index in [-0.39, 0.29) is 11.3 Å². The molecule has 1 aliphatic carbocycles. The van der Waals surface area contributed by atoms with Gasteiger partial charge in [0.25, 0.3) is 0 Å². The summed E-state index contributed by atoms with van der Waals surface area (Å²) in [5, 5.41) is 3.41. The number of rotatable bonds is 5. The summed E-state index contributed by atoms with van der Waals surface area (Å²) in [4.78, 5) is 0. The first kappa shape index (κ1) is 16.5. The minimum Gasteiger partial charge on any atom is -0.310 e. The molecule has 4 heteroatoms. The second-order valence-electron chi connectivity index (χ2n) is 6.33. The molecule has 1 fully saturated rings. The van der Waals surface area contributed by atoms with Gasteiger partial charge in [-0.15, -0.1) is 0 Å². The molecule has 118 valence electrons. The lowest BCUT2D eigenvalue weighted by molar-refractivity contribution is 0.275. The molecule has 3 atom stereocenters. The van der Waals surface area contributed by atoms with Crippen LogP contribution in [0.2, 0.25) is 0 Å². The van der Waals surface area contributed by atoms with E-state index in [1.54, 1.807) is 0 Å². The van der Waals surface area contributed by atoms with Crippen LogP contribution in [0, 0.1) is 12.8 Å². The van der Waals surface area contributed by atoms with Gasteiger partial charge in [-0.1, -0.05) is 43.2 Å². The van der Waals surface area contributed by atoms with E-state index in [0.717, 1.165) is 32.2 Å². The first-order chi connectivity index (χ1) is 9.91. The van der Waals surface area contributed by atoms with Gasteiger partial charge >= 0.3 is 0 Å². The first-order valence-electron chi connectivity index (χ1n) is 7.90. The molecule has 0 saturated heterocycles. The van der Waals surface area contributed by atoms with Crippen molar-refractivity contribution in [3.05, 3.63) is 35.4 Å². The maximum absolute atomic E-state index is 11.9. The fourth-order valence-corrected chi connectivity index (χ4v) is 4.70. The maximum Gasteiger partial charge on any atom is 0.150 e. The minimum atomic E-state index is -2.93. The van der Waals surface area contributed by atoms with Crippen molar-refractivity contribution < 1.29 is 8.42 Å². The Labute approximate surface area is 129 Å². The summed E-state index contributed by atoms with van der Waals surface area (Å²) in [5.74, 6) is 0.403. The predicted octanol–water partition coefficient (Wildman–Crippen LogP) is 3.25. The van der Waals surface area contributed by atoms with E-state index >= 15 is 0 Å². The molecule has 2 rings (SSSR count). The van der Waals surface area contributed by atoms with Gasteiger partial charge in [-0.25, -0.2) is 8.42 Å². The van der Waals surface area contributed by atoms with E-state index in [2.05, 4.69) is 43.4 Å². The third-order valence-electron chi connectivity index (χ3n) is 4.57. The van der Waals surface area contributed by atoms with Gasteiger partial charge in [0, 0.05) is 12.3 Å². The Morgan fingerprint density at radius 2 is 2.10 bits per heavy atom. The molecular formula is C17H27NO2S. The third kappa shape index (κ3) is 4.30. The van der Waals surface area contributed by atoms with Gasteiger partial charge < -0.3 is 5.32 Å². The standard InChI is InChI=1S/C17H27NO2S/c1-4-18-17(14-8-5-7-13(2)11-14)15-9-6-10-16(12-15)21(3,19)20/h5,7-8,11,15-18H,4,6,9-10,12H2,1-3H3. The predicted molar refractivity (Wildman–Crippen MR) is 88.2 cm³/mol. The zero-order valence-electron chi connectivity index (χ0n) is 13.3. The molecule has 0 bridgehead atoms. The van der Waals surface area contributed by atoms with Crippen LogP contribution in [0.4, 0.5) is 0 Å². The quantitative estimate of drug-likeness (QED) is 0.908. The molecule has 0 radical (unpaired) electrons. The lowest BCUT2D eigenvalue weighted by Crippen LogP contribution is -2.35. The summed E-state index contributed by atoms with van der Waals surface area (Å²) in [5.41, 5.74) is 2.54. The van der Waals surface area contributed by atoms with Crippen molar-refractivity contribution in [2.75, 3.05) is 12.8 Å². The molecule has 1 aromatic carbocycles. The van der Waals surface area contributed by atoms with Crippen LogP contribution in [0.5, 0.6) is 0 Å². The molecule has 0 amide bonds. The van der Waals surface area contributed by atoms with E-state index in [1.165, 1.54) is 17.4 Å². The minimum absolute atomic E-state index is 0.165. The van der Waals surface area contributed by atoms with E-state index < -0.39 is 9.84 Å². The largest absolute Gasteiger partial charge is 0.310 e. The summed E-state index contributed by atoms with van der Waals surface area (Å²) in [7, 11) is -2.93. The average Bonchev–Trinajstić information content (AvgIpc) is 2.44. The Morgan fingerprint density at radius 3 is 2.71 bits per heavy atom. The summed E-state index contributed by atoms with van der Waals surface area (Å²) in [6.07, 6.45) is 5.11. The van der Waals surface area contributed by atoms with Crippen LogP contribution in [-0.2, 0) is 9.84 Å². The first-order valence-corrected chi connectivity index (χ1v) is 9.86. The Kier molecular flexibility index (Phi) is 5.44. The summed E-state index contributed by atoms with van der Waals surface area (Å²) >= 11 is 0. The van der Waals surface area contributed by atoms with Gasteiger partial charge in [0.2, 0.25) is 0 Å². The highest BCUT2D eigenvalue weighted by Crippen LogP contribution is 2.37. The summed E-state index contributed by atoms with van der Waals surface area (Å²) in [6.45, 7) is 5.12. The number of nitrogens with one attached hydrogen (secondary N) is 1. The number of sulfone groups is 1. The lowest BCUT2D eigenvalue weighted by Gasteiger charge is -2.34.